The Labute approximate surface area is 177 Å². The van der Waals surface area contributed by atoms with Crippen LogP contribution in [0.1, 0.15) is 16.7 Å². The predicted octanol–water partition coefficient (Wildman–Crippen LogP) is 5.47. The van der Waals surface area contributed by atoms with Crippen molar-refractivity contribution < 1.29 is 23.7 Å². The second-order valence-electron chi connectivity index (χ2n) is 6.48. The van der Waals surface area contributed by atoms with Gasteiger partial charge in [-0.1, -0.05) is 48.6 Å². The van der Waals surface area contributed by atoms with Gasteiger partial charge in [-0.2, -0.15) is 0 Å². The molecule has 3 aromatic rings. The normalized spacial score (nSPS) is 10.7. The van der Waals surface area contributed by atoms with Crippen molar-refractivity contribution >= 4 is 12.2 Å². The van der Waals surface area contributed by atoms with E-state index in [0.29, 0.717) is 35.4 Å². The highest BCUT2D eigenvalue weighted by atomic mass is 16.5. The van der Waals surface area contributed by atoms with Gasteiger partial charge in [-0.3, -0.25) is 0 Å². The number of benzene rings is 3. The summed E-state index contributed by atoms with van der Waals surface area (Å²) in [6.45, 7) is 0.484. The average molecular weight is 406 g/mol. The second kappa shape index (κ2) is 10.3. The summed E-state index contributed by atoms with van der Waals surface area (Å²) >= 11 is 0. The molecule has 156 valence electrons. The number of methoxy groups -OCH3 is 4. The van der Waals surface area contributed by atoms with E-state index in [-0.39, 0.29) is 0 Å². The molecule has 0 radical (unpaired) electrons. The lowest BCUT2D eigenvalue weighted by atomic mass is 10.1. The number of hydrogen-bond donors (Lipinski definition) is 0. The summed E-state index contributed by atoms with van der Waals surface area (Å²) in [6.07, 6.45) is 3.97. The Bertz CT molecular complexity index is 971. The summed E-state index contributed by atoms with van der Waals surface area (Å²) < 4.78 is 27.6. The fourth-order valence-electron chi connectivity index (χ4n) is 3.03. The molecule has 0 aliphatic heterocycles. The summed E-state index contributed by atoms with van der Waals surface area (Å²) in [5.74, 6) is 3.17. The van der Waals surface area contributed by atoms with Gasteiger partial charge in [-0.05, 0) is 41.0 Å². The van der Waals surface area contributed by atoms with E-state index in [1.165, 1.54) is 0 Å². The molecule has 0 aliphatic rings. The summed E-state index contributed by atoms with van der Waals surface area (Å²) in [6, 6.07) is 19.7. The molecule has 30 heavy (non-hydrogen) atoms. The van der Waals surface area contributed by atoms with E-state index in [0.717, 1.165) is 16.7 Å². The molecule has 0 N–H and O–H groups in total. The predicted molar refractivity (Wildman–Crippen MR) is 119 cm³/mol. The minimum atomic E-state index is 0.484. The topological polar surface area (TPSA) is 46.2 Å². The zero-order valence-electron chi connectivity index (χ0n) is 17.7. The first-order chi connectivity index (χ1) is 14.7. The second-order valence-corrected chi connectivity index (χ2v) is 6.48. The van der Waals surface area contributed by atoms with Crippen molar-refractivity contribution in [3.63, 3.8) is 0 Å². The highest BCUT2D eigenvalue weighted by Crippen LogP contribution is 2.38. The standard InChI is InChI=1S/C25H26O5/c1-26-22-14-18(12-13-21(22)30-17-19-8-6-5-7-9-19)10-11-20-15-23(27-2)25(29-4)24(16-20)28-3/h5-16H,17H2,1-4H3. The first-order valence-corrected chi connectivity index (χ1v) is 9.51. The molecule has 5 heteroatoms. The summed E-state index contributed by atoms with van der Waals surface area (Å²) in [7, 11) is 6.43. The van der Waals surface area contributed by atoms with Crippen LogP contribution < -0.4 is 23.7 Å². The Kier molecular flexibility index (Phi) is 7.22. The van der Waals surface area contributed by atoms with Crippen molar-refractivity contribution in [3.05, 3.63) is 77.4 Å². The van der Waals surface area contributed by atoms with Gasteiger partial charge in [0, 0.05) is 0 Å². The molecule has 0 spiro atoms. The van der Waals surface area contributed by atoms with Crippen molar-refractivity contribution in [2.45, 2.75) is 6.61 Å². The van der Waals surface area contributed by atoms with Gasteiger partial charge in [0.1, 0.15) is 6.61 Å². The van der Waals surface area contributed by atoms with Gasteiger partial charge in [0.2, 0.25) is 5.75 Å². The molecule has 0 amide bonds. The Morgan fingerprint density at radius 3 is 1.80 bits per heavy atom. The summed E-state index contributed by atoms with van der Waals surface area (Å²) in [5, 5.41) is 0. The summed E-state index contributed by atoms with van der Waals surface area (Å²) in [5.41, 5.74) is 3.01. The number of hydrogen-bond acceptors (Lipinski definition) is 5. The van der Waals surface area contributed by atoms with Crippen LogP contribution >= 0.6 is 0 Å². The van der Waals surface area contributed by atoms with Crippen LogP contribution in [0, 0.1) is 0 Å². The Morgan fingerprint density at radius 1 is 0.600 bits per heavy atom. The fraction of sp³-hybridized carbons (Fsp3) is 0.200. The van der Waals surface area contributed by atoms with Crippen LogP contribution in [0.3, 0.4) is 0 Å². The maximum Gasteiger partial charge on any atom is 0.203 e. The van der Waals surface area contributed by atoms with Gasteiger partial charge >= 0.3 is 0 Å². The van der Waals surface area contributed by atoms with Crippen molar-refractivity contribution in [1.29, 1.82) is 0 Å². The molecule has 3 rings (SSSR count). The Balaban J connectivity index is 1.79. The summed E-state index contributed by atoms with van der Waals surface area (Å²) in [4.78, 5) is 0. The molecule has 0 saturated carbocycles. The third-order valence-electron chi connectivity index (χ3n) is 4.58. The maximum absolute atomic E-state index is 5.92. The Morgan fingerprint density at radius 2 is 1.20 bits per heavy atom. The molecule has 0 aliphatic carbocycles. The van der Waals surface area contributed by atoms with Crippen molar-refractivity contribution in [1.82, 2.24) is 0 Å². The van der Waals surface area contributed by atoms with Crippen LogP contribution in [0.25, 0.3) is 12.2 Å². The van der Waals surface area contributed by atoms with Crippen LogP contribution in [0.2, 0.25) is 0 Å². The molecule has 0 atom stereocenters. The van der Waals surface area contributed by atoms with Gasteiger partial charge < -0.3 is 23.7 Å². The van der Waals surface area contributed by atoms with Gasteiger partial charge in [0.15, 0.2) is 23.0 Å². The third-order valence-corrected chi connectivity index (χ3v) is 4.58. The molecule has 0 fully saturated rings. The molecule has 0 heterocycles. The minimum Gasteiger partial charge on any atom is -0.493 e. The maximum atomic E-state index is 5.92. The highest BCUT2D eigenvalue weighted by Gasteiger charge is 2.12. The van der Waals surface area contributed by atoms with Crippen LogP contribution in [0.5, 0.6) is 28.7 Å². The van der Waals surface area contributed by atoms with Gasteiger partial charge in [0.05, 0.1) is 28.4 Å². The number of ether oxygens (including phenoxy) is 5. The van der Waals surface area contributed by atoms with Crippen LogP contribution in [0.15, 0.2) is 60.7 Å². The zero-order chi connectivity index (χ0) is 21.3. The van der Waals surface area contributed by atoms with E-state index in [9.17, 15) is 0 Å². The largest absolute Gasteiger partial charge is 0.493 e. The van der Waals surface area contributed by atoms with E-state index < -0.39 is 0 Å². The Hall–Kier alpha value is -3.60. The van der Waals surface area contributed by atoms with E-state index in [1.807, 2.05) is 72.8 Å². The lowest BCUT2D eigenvalue weighted by Crippen LogP contribution is -1.97. The highest BCUT2D eigenvalue weighted by molar-refractivity contribution is 5.73. The lowest BCUT2D eigenvalue weighted by Gasteiger charge is -2.13. The van der Waals surface area contributed by atoms with Crippen molar-refractivity contribution in [2.75, 3.05) is 28.4 Å². The molecule has 0 aromatic heterocycles. The zero-order valence-corrected chi connectivity index (χ0v) is 17.7. The lowest BCUT2D eigenvalue weighted by molar-refractivity contribution is 0.284. The first kappa shape index (κ1) is 21.1. The van der Waals surface area contributed by atoms with E-state index in [1.54, 1.807) is 28.4 Å². The molecule has 3 aromatic carbocycles. The SMILES string of the molecule is COc1cc(C=Cc2cc(OC)c(OC)c(OC)c2)ccc1OCc1ccccc1. The number of rotatable bonds is 9. The monoisotopic (exact) mass is 406 g/mol. The molecule has 0 unspecified atom stereocenters. The van der Waals surface area contributed by atoms with E-state index in [4.69, 9.17) is 23.7 Å². The van der Waals surface area contributed by atoms with Crippen LogP contribution in [0.4, 0.5) is 0 Å². The van der Waals surface area contributed by atoms with Crippen molar-refractivity contribution in [2.24, 2.45) is 0 Å². The van der Waals surface area contributed by atoms with Gasteiger partial charge in [-0.15, -0.1) is 0 Å². The molecule has 5 nitrogen and oxygen atoms in total. The van der Waals surface area contributed by atoms with Gasteiger partial charge in [-0.25, -0.2) is 0 Å². The molecule has 0 saturated heterocycles. The quantitative estimate of drug-likeness (QED) is 0.441. The molecular weight excluding hydrogens is 380 g/mol. The first-order valence-electron chi connectivity index (χ1n) is 9.51. The van der Waals surface area contributed by atoms with E-state index >= 15 is 0 Å². The molecular formula is C25H26O5. The average Bonchev–Trinajstić information content (AvgIpc) is 2.81. The van der Waals surface area contributed by atoms with E-state index in [2.05, 4.69) is 0 Å². The van der Waals surface area contributed by atoms with Crippen molar-refractivity contribution in [3.8, 4) is 28.7 Å². The van der Waals surface area contributed by atoms with Crippen LogP contribution in [-0.4, -0.2) is 28.4 Å². The van der Waals surface area contributed by atoms with Crippen LogP contribution in [-0.2, 0) is 6.61 Å². The van der Waals surface area contributed by atoms with Gasteiger partial charge in [0.25, 0.3) is 0 Å². The third kappa shape index (κ3) is 5.06. The fourth-order valence-corrected chi connectivity index (χ4v) is 3.03. The minimum absolute atomic E-state index is 0.484. The smallest absolute Gasteiger partial charge is 0.203 e. The molecule has 0 bridgehead atoms.